The van der Waals surface area contributed by atoms with Gasteiger partial charge >= 0.3 is 11.9 Å². The zero-order valence-electron chi connectivity index (χ0n) is 29.6. The van der Waals surface area contributed by atoms with Gasteiger partial charge in [-0.1, -0.05) is 24.3 Å². The molecular weight excluding hydrogens is 677 g/mol. The molecule has 272 valence electrons. The Morgan fingerprint density at radius 3 is 2.15 bits per heavy atom. The first-order valence-electron chi connectivity index (χ1n) is 18.1. The Kier molecular flexibility index (Phi) is 11.7. The van der Waals surface area contributed by atoms with Crippen LogP contribution in [0.2, 0.25) is 0 Å². The number of hydrogen-bond donors (Lipinski definition) is 5. The Morgan fingerprint density at radius 2 is 1.48 bits per heavy atom. The SMILES string of the molecule is CC(C)N(Cc1cccc(C(=O)Nc2sc3c(c2C(=O)Nc2ccc(CNc4ccc(C(=O)O)cc4)cc2)CCCC3)c1)[C@H]1CC[C@H](C(=O)O)CC1. The first kappa shape index (κ1) is 36.8. The molecule has 0 aliphatic heterocycles. The van der Waals surface area contributed by atoms with E-state index in [1.54, 1.807) is 30.3 Å². The summed E-state index contributed by atoms with van der Waals surface area (Å²) < 4.78 is 0. The van der Waals surface area contributed by atoms with Gasteiger partial charge in [0.15, 0.2) is 0 Å². The van der Waals surface area contributed by atoms with E-state index in [0.29, 0.717) is 53.8 Å². The third kappa shape index (κ3) is 8.89. The molecule has 1 saturated carbocycles. The van der Waals surface area contributed by atoms with E-state index in [-0.39, 0.29) is 29.3 Å². The van der Waals surface area contributed by atoms with Crippen molar-refractivity contribution in [3.8, 4) is 0 Å². The minimum Gasteiger partial charge on any atom is -0.481 e. The van der Waals surface area contributed by atoms with Crippen LogP contribution in [0.25, 0.3) is 0 Å². The zero-order chi connectivity index (χ0) is 36.8. The maximum absolute atomic E-state index is 13.9. The van der Waals surface area contributed by atoms with Gasteiger partial charge in [-0.3, -0.25) is 19.3 Å². The molecule has 2 amide bonds. The Balaban J connectivity index is 1.12. The molecule has 1 aromatic heterocycles. The molecule has 2 aliphatic rings. The molecule has 3 aromatic carbocycles. The molecule has 1 heterocycles. The molecule has 11 heteroatoms. The van der Waals surface area contributed by atoms with Gasteiger partial charge in [0.2, 0.25) is 0 Å². The quantitative estimate of drug-likeness (QED) is 0.0926. The van der Waals surface area contributed by atoms with Gasteiger partial charge in [0, 0.05) is 47.0 Å². The maximum atomic E-state index is 13.9. The average molecular weight is 723 g/mol. The summed E-state index contributed by atoms with van der Waals surface area (Å²) in [5.41, 5.74) is 5.75. The van der Waals surface area contributed by atoms with Crippen LogP contribution >= 0.6 is 11.3 Å². The van der Waals surface area contributed by atoms with E-state index in [2.05, 4.69) is 34.7 Å². The summed E-state index contributed by atoms with van der Waals surface area (Å²) in [5, 5.41) is 28.5. The Morgan fingerprint density at radius 1 is 0.788 bits per heavy atom. The third-order valence-electron chi connectivity index (χ3n) is 10.2. The molecule has 0 spiro atoms. The highest BCUT2D eigenvalue weighted by Gasteiger charge is 2.31. The van der Waals surface area contributed by atoms with Crippen LogP contribution in [0.4, 0.5) is 16.4 Å². The van der Waals surface area contributed by atoms with E-state index in [1.807, 2.05) is 42.5 Å². The van der Waals surface area contributed by atoms with E-state index in [1.165, 1.54) is 11.3 Å². The first-order chi connectivity index (χ1) is 25.0. The minimum atomic E-state index is -0.966. The van der Waals surface area contributed by atoms with Crippen LogP contribution in [0.3, 0.4) is 0 Å². The molecule has 6 rings (SSSR count). The highest BCUT2D eigenvalue weighted by Crippen LogP contribution is 2.39. The standard InChI is InChI=1S/C41H46N4O6S/c1-25(2)45(33-20-14-29(15-21-33)41(50)51)24-27-6-5-7-30(22-27)37(46)44-39-36(34-8-3-4-9-35(34)52-39)38(47)43-32-16-10-26(11-17-32)23-42-31-18-12-28(13-19-31)40(48)49/h5-7,10-13,16-19,22,25,29,33,42H,3-4,8-9,14-15,20-21,23-24H2,1-2H3,(H,43,47)(H,44,46)(H,48,49)(H,50,51)/t29-,33-. The summed E-state index contributed by atoms with van der Waals surface area (Å²) in [5.74, 6) is -2.45. The molecule has 0 atom stereocenters. The lowest BCUT2D eigenvalue weighted by Crippen LogP contribution is -2.42. The molecule has 4 aromatic rings. The predicted octanol–water partition coefficient (Wildman–Crippen LogP) is 8.30. The van der Waals surface area contributed by atoms with Crippen LogP contribution in [-0.4, -0.2) is 50.9 Å². The van der Waals surface area contributed by atoms with Gasteiger partial charge in [-0.15, -0.1) is 11.3 Å². The van der Waals surface area contributed by atoms with Crippen molar-refractivity contribution in [3.05, 3.63) is 111 Å². The number of anilines is 3. The van der Waals surface area contributed by atoms with Gasteiger partial charge in [-0.25, -0.2) is 4.79 Å². The summed E-state index contributed by atoms with van der Waals surface area (Å²) in [4.78, 5) is 53.8. The van der Waals surface area contributed by atoms with Crippen molar-refractivity contribution >= 4 is 51.5 Å². The number of carbonyl (C=O) groups is 4. The number of carboxylic acids is 2. The molecule has 0 radical (unpaired) electrons. The first-order valence-corrected chi connectivity index (χ1v) is 18.9. The van der Waals surface area contributed by atoms with Crippen LogP contribution in [0.5, 0.6) is 0 Å². The lowest BCUT2D eigenvalue weighted by Gasteiger charge is -2.38. The number of aliphatic carboxylic acids is 1. The summed E-state index contributed by atoms with van der Waals surface area (Å²) >= 11 is 1.49. The summed E-state index contributed by atoms with van der Waals surface area (Å²) in [6.07, 6.45) is 6.77. The fraction of sp³-hybridized carbons (Fsp3) is 0.366. The van der Waals surface area contributed by atoms with Crippen LogP contribution in [0.1, 0.15) is 105 Å². The average Bonchev–Trinajstić information content (AvgIpc) is 3.51. The highest BCUT2D eigenvalue weighted by atomic mass is 32.1. The molecule has 10 nitrogen and oxygen atoms in total. The van der Waals surface area contributed by atoms with Crippen molar-refractivity contribution in [2.45, 2.75) is 90.4 Å². The molecule has 0 bridgehead atoms. The van der Waals surface area contributed by atoms with Crippen LogP contribution in [-0.2, 0) is 30.7 Å². The van der Waals surface area contributed by atoms with E-state index >= 15 is 0 Å². The van der Waals surface area contributed by atoms with Crippen LogP contribution < -0.4 is 16.0 Å². The van der Waals surface area contributed by atoms with Gasteiger partial charge in [0.1, 0.15) is 5.00 Å². The fourth-order valence-electron chi connectivity index (χ4n) is 7.31. The molecule has 52 heavy (non-hydrogen) atoms. The molecule has 2 aliphatic carbocycles. The van der Waals surface area contributed by atoms with Crippen LogP contribution in [0, 0.1) is 5.92 Å². The number of aromatic carboxylic acids is 1. The van der Waals surface area contributed by atoms with Gasteiger partial charge in [-0.2, -0.15) is 0 Å². The minimum absolute atomic E-state index is 0.230. The van der Waals surface area contributed by atoms with Crippen LogP contribution in [0.15, 0.2) is 72.8 Å². The smallest absolute Gasteiger partial charge is 0.335 e. The number of aryl methyl sites for hydroxylation is 1. The second-order valence-electron chi connectivity index (χ2n) is 14.1. The van der Waals surface area contributed by atoms with E-state index in [9.17, 15) is 24.3 Å². The predicted molar refractivity (Wildman–Crippen MR) is 205 cm³/mol. The van der Waals surface area contributed by atoms with Crippen molar-refractivity contribution in [2.75, 3.05) is 16.0 Å². The summed E-state index contributed by atoms with van der Waals surface area (Å²) in [6.45, 7) is 5.50. The normalized spacial score (nSPS) is 17.0. The van der Waals surface area contributed by atoms with Crippen molar-refractivity contribution in [2.24, 2.45) is 5.92 Å². The van der Waals surface area contributed by atoms with E-state index in [0.717, 1.165) is 65.8 Å². The topological polar surface area (TPSA) is 148 Å². The second kappa shape index (κ2) is 16.6. The van der Waals surface area contributed by atoms with Crippen molar-refractivity contribution in [1.29, 1.82) is 0 Å². The maximum Gasteiger partial charge on any atom is 0.335 e. The molecule has 5 N–H and O–H groups in total. The second-order valence-corrected chi connectivity index (χ2v) is 15.2. The molecule has 0 saturated heterocycles. The Labute approximate surface area is 308 Å². The number of amides is 2. The van der Waals surface area contributed by atoms with Gasteiger partial charge in [0.05, 0.1) is 17.0 Å². The number of hydrogen-bond acceptors (Lipinski definition) is 7. The largest absolute Gasteiger partial charge is 0.481 e. The fourth-order valence-corrected chi connectivity index (χ4v) is 8.60. The Bertz CT molecular complexity index is 1910. The van der Waals surface area contributed by atoms with Crippen molar-refractivity contribution in [3.63, 3.8) is 0 Å². The lowest BCUT2D eigenvalue weighted by molar-refractivity contribution is -0.143. The van der Waals surface area contributed by atoms with Gasteiger partial charge in [0.25, 0.3) is 11.8 Å². The number of fused-ring (bicyclic) bond motifs is 1. The van der Waals surface area contributed by atoms with Crippen molar-refractivity contribution in [1.82, 2.24) is 4.90 Å². The molecule has 1 fully saturated rings. The summed E-state index contributed by atoms with van der Waals surface area (Å²) in [7, 11) is 0. The van der Waals surface area contributed by atoms with Gasteiger partial charge in [-0.05, 0) is 130 Å². The highest BCUT2D eigenvalue weighted by molar-refractivity contribution is 7.17. The van der Waals surface area contributed by atoms with E-state index < -0.39 is 11.9 Å². The zero-order valence-corrected chi connectivity index (χ0v) is 30.4. The molecule has 0 unspecified atom stereocenters. The number of carbonyl (C=O) groups excluding carboxylic acids is 2. The number of thiophene rings is 1. The van der Waals surface area contributed by atoms with Crippen molar-refractivity contribution < 1.29 is 29.4 Å². The van der Waals surface area contributed by atoms with E-state index in [4.69, 9.17) is 5.11 Å². The van der Waals surface area contributed by atoms with Gasteiger partial charge < -0.3 is 26.2 Å². The number of benzene rings is 3. The monoisotopic (exact) mass is 722 g/mol. The summed E-state index contributed by atoms with van der Waals surface area (Å²) in [6, 6.07) is 22.3. The molecular formula is C41H46N4O6S. The number of nitrogens with one attached hydrogen (secondary N) is 3. The lowest BCUT2D eigenvalue weighted by atomic mass is 9.85. The number of nitrogens with zero attached hydrogens (tertiary/aromatic N) is 1. The third-order valence-corrected chi connectivity index (χ3v) is 11.4. The number of carboxylic acid groups (broad SMARTS) is 2. The number of rotatable bonds is 13. The Hall–Kier alpha value is -5.00.